The van der Waals surface area contributed by atoms with Gasteiger partial charge in [0.15, 0.2) is 0 Å². The Morgan fingerprint density at radius 3 is 1.79 bits per heavy atom. The van der Waals surface area contributed by atoms with Crippen LogP contribution in [-0.2, 0) is 39.9 Å². The Labute approximate surface area is 172 Å². The van der Waals surface area contributed by atoms with E-state index in [1.54, 1.807) is 24.3 Å². The molecule has 0 aliphatic rings. The van der Waals surface area contributed by atoms with Crippen LogP contribution < -0.4 is 4.74 Å². The van der Waals surface area contributed by atoms with Crippen LogP contribution in [0, 0.1) is 0 Å². The third-order valence-electron chi connectivity index (χ3n) is 3.51. The van der Waals surface area contributed by atoms with Crippen LogP contribution in [0.1, 0.15) is 32.3 Å². The molecule has 8 nitrogen and oxygen atoms in total. The number of hydrogen-bond donors (Lipinski definition) is 0. The van der Waals surface area contributed by atoms with Crippen molar-refractivity contribution < 1.29 is 38.0 Å². The molecule has 0 radical (unpaired) electrons. The zero-order valence-corrected chi connectivity index (χ0v) is 17.4. The van der Waals surface area contributed by atoms with Crippen LogP contribution in [0.3, 0.4) is 0 Å². The highest BCUT2D eigenvalue weighted by Gasteiger charge is 2.05. The second-order valence-electron chi connectivity index (χ2n) is 6.10. The van der Waals surface area contributed by atoms with E-state index in [2.05, 4.69) is 6.92 Å². The molecule has 0 spiro atoms. The average molecular weight is 412 g/mol. The van der Waals surface area contributed by atoms with E-state index >= 15 is 0 Å². The van der Waals surface area contributed by atoms with Crippen molar-refractivity contribution in [2.45, 2.75) is 33.3 Å². The number of esters is 2. The molecule has 0 aromatic heterocycles. The molecule has 0 saturated carbocycles. The summed E-state index contributed by atoms with van der Waals surface area (Å²) in [6, 6.07) is 6.79. The maximum Gasteiger partial charge on any atom is 0.313 e. The Balaban J connectivity index is 1.95. The van der Waals surface area contributed by atoms with Gasteiger partial charge in [0.1, 0.15) is 12.4 Å². The summed E-state index contributed by atoms with van der Waals surface area (Å²) in [5.41, 5.74) is 0.818. The predicted octanol–water partition coefficient (Wildman–Crippen LogP) is 2.52. The lowest BCUT2D eigenvalue weighted by Crippen LogP contribution is -2.14. The van der Waals surface area contributed by atoms with E-state index in [0.29, 0.717) is 45.4 Å². The van der Waals surface area contributed by atoms with E-state index in [0.717, 1.165) is 18.6 Å². The molecular weight excluding hydrogens is 380 g/mol. The summed E-state index contributed by atoms with van der Waals surface area (Å²) >= 11 is 0. The van der Waals surface area contributed by atoms with Crippen molar-refractivity contribution in [3.8, 4) is 5.75 Å². The molecule has 0 fully saturated rings. The average Bonchev–Trinajstić information content (AvgIpc) is 2.71. The Kier molecular flexibility index (Phi) is 14.6. The molecule has 0 saturated heterocycles. The van der Waals surface area contributed by atoms with Gasteiger partial charge in [-0.15, -0.1) is 0 Å². The summed E-state index contributed by atoms with van der Waals surface area (Å²) < 4.78 is 31.5. The van der Waals surface area contributed by atoms with Crippen molar-refractivity contribution >= 4 is 11.9 Å². The van der Waals surface area contributed by atoms with Gasteiger partial charge in [-0.25, -0.2) is 0 Å². The first kappa shape index (κ1) is 25.0. The molecule has 0 amide bonds. The molecule has 29 heavy (non-hydrogen) atoms. The molecule has 1 rings (SSSR count). The van der Waals surface area contributed by atoms with Crippen molar-refractivity contribution in [2.24, 2.45) is 0 Å². The molecule has 1 aromatic rings. The van der Waals surface area contributed by atoms with Crippen LogP contribution in [0.25, 0.3) is 0 Å². The molecule has 8 heteroatoms. The Morgan fingerprint density at radius 1 is 0.759 bits per heavy atom. The molecule has 0 heterocycles. The molecule has 0 aliphatic carbocycles. The quantitative estimate of drug-likeness (QED) is 0.219. The maximum atomic E-state index is 11.8. The lowest BCUT2D eigenvalue weighted by molar-refractivity contribution is -0.142. The van der Waals surface area contributed by atoms with Gasteiger partial charge >= 0.3 is 11.9 Å². The molecule has 0 atom stereocenters. The summed E-state index contributed by atoms with van der Waals surface area (Å²) in [7, 11) is 0. The van der Waals surface area contributed by atoms with E-state index < -0.39 is 0 Å². The van der Waals surface area contributed by atoms with Crippen molar-refractivity contribution in [2.75, 3.05) is 52.9 Å². The zero-order chi connectivity index (χ0) is 21.2. The van der Waals surface area contributed by atoms with Crippen molar-refractivity contribution in [1.29, 1.82) is 0 Å². The van der Waals surface area contributed by atoms with Gasteiger partial charge in [0.05, 0.1) is 52.7 Å². The minimum Gasteiger partial charge on any atom is -0.461 e. The summed E-state index contributed by atoms with van der Waals surface area (Å²) in [4.78, 5) is 22.6. The molecule has 0 aliphatic heterocycles. The normalized spacial score (nSPS) is 10.7. The Morgan fingerprint density at radius 2 is 1.28 bits per heavy atom. The SMILES string of the molecule is CCCOCCOCCOCCOCCC(=O)Oc1ccc(COC(C)=O)cc1. The minimum absolute atomic E-state index is 0.149. The van der Waals surface area contributed by atoms with Crippen LogP contribution >= 0.6 is 0 Å². The van der Waals surface area contributed by atoms with Crippen LogP contribution in [0.5, 0.6) is 5.75 Å². The fourth-order valence-electron chi connectivity index (χ4n) is 2.08. The number of hydrogen-bond acceptors (Lipinski definition) is 8. The first-order valence-corrected chi connectivity index (χ1v) is 9.85. The summed E-state index contributed by atoms with van der Waals surface area (Å²) in [6.07, 6.45) is 1.16. The second-order valence-corrected chi connectivity index (χ2v) is 6.10. The maximum absolute atomic E-state index is 11.8. The molecule has 0 bridgehead atoms. The standard InChI is InChI=1S/C21H32O8/c1-3-9-24-11-13-26-15-16-27-14-12-25-10-8-21(23)29-20-6-4-19(5-7-20)17-28-18(2)22/h4-7H,3,8-17H2,1-2H3. The summed E-state index contributed by atoms with van der Waals surface area (Å²) in [5, 5.41) is 0. The monoisotopic (exact) mass is 412 g/mol. The first-order valence-electron chi connectivity index (χ1n) is 9.85. The van der Waals surface area contributed by atoms with E-state index in [9.17, 15) is 9.59 Å². The fourth-order valence-corrected chi connectivity index (χ4v) is 2.08. The second kappa shape index (κ2) is 16.9. The van der Waals surface area contributed by atoms with Crippen molar-refractivity contribution in [3.63, 3.8) is 0 Å². The van der Waals surface area contributed by atoms with E-state index in [1.807, 2.05) is 0 Å². The van der Waals surface area contributed by atoms with Crippen LogP contribution in [0.2, 0.25) is 0 Å². The third kappa shape index (κ3) is 14.6. The molecule has 164 valence electrons. The van der Waals surface area contributed by atoms with Gasteiger partial charge in [-0.1, -0.05) is 19.1 Å². The van der Waals surface area contributed by atoms with Gasteiger partial charge < -0.3 is 28.4 Å². The largest absolute Gasteiger partial charge is 0.461 e. The number of benzene rings is 1. The van der Waals surface area contributed by atoms with Crippen LogP contribution in [0.15, 0.2) is 24.3 Å². The van der Waals surface area contributed by atoms with Crippen molar-refractivity contribution in [3.05, 3.63) is 29.8 Å². The van der Waals surface area contributed by atoms with E-state index in [-0.39, 0.29) is 31.6 Å². The fraction of sp³-hybridized carbons (Fsp3) is 0.619. The highest BCUT2D eigenvalue weighted by Crippen LogP contribution is 2.13. The van der Waals surface area contributed by atoms with E-state index in [4.69, 9.17) is 28.4 Å². The number of rotatable bonds is 17. The summed E-state index contributed by atoms with van der Waals surface area (Å²) in [5.74, 6) is -0.283. The Bertz CT molecular complexity index is 558. The molecular formula is C21H32O8. The predicted molar refractivity (Wildman–Crippen MR) is 106 cm³/mol. The number of carbonyl (C=O) groups is 2. The lowest BCUT2D eigenvalue weighted by Gasteiger charge is -2.08. The first-order chi connectivity index (χ1) is 14.1. The molecule has 0 N–H and O–H groups in total. The van der Waals surface area contributed by atoms with Gasteiger partial charge in [-0.3, -0.25) is 9.59 Å². The lowest BCUT2D eigenvalue weighted by atomic mass is 10.2. The van der Waals surface area contributed by atoms with Crippen molar-refractivity contribution in [1.82, 2.24) is 0 Å². The van der Waals surface area contributed by atoms with E-state index in [1.165, 1.54) is 6.92 Å². The van der Waals surface area contributed by atoms with Gasteiger partial charge in [-0.2, -0.15) is 0 Å². The molecule has 0 unspecified atom stereocenters. The highest BCUT2D eigenvalue weighted by molar-refractivity contribution is 5.72. The Hall–Kier alpha value is -2.00. The smallest absolute Gasteiger partial charge is 0.313 e. The molecule has 1 aromatic carbocycles. The topological polar surface area (TPSA) is 89.5 Å². The van der Waals surface area contributed by atoms with Gasteiger partial charge in [0.25, 0.3) is 0 Å². The van der Waals surface area contributed by atoms with Crippen LogP contribution in [-0.4, -0.2) is 64.8 Å². The minimum atomic E-state index is -0.377. The number of ether oxygens (including phenoxy) is 6. The van der Waals surface area contributed by atoms with Gasteiger partial charge in [0, 0.05) is 13.5 Å². The van der Waals surface area contributed by atoms with Gasteiger partial charge in [0.2, 0.25) is 0 Å². The zero-order valence-electron chi connectivity index (χ0n) is 17.4. The summed E-state index contributed by atoms with van der Waals surface area (Å²) in [6.45, 7) is 7.65. The van der Waals surface area contributed by atoms with Gasteiger partial charge in [-0.05, 0) is 24.1 Å². The highest BCUT2D eigenvalue weighted by atomic mass is 16.6. The number of carbonyl (C=O) groups excluding carboxylic acids is 2. The third-order valence-corrected chi connectivity index (χ3v) is 3.51. The van der Waals surface area contributed by atoms with Crippen LogP contribution in [0.4, 0.5) is 0 Å².